The van der Waals surface area contributed by atoms with Gasteiger partial charge in [-0.05, 0) is 29.8 Å². The van der Waals surface area contributed by atoms with Crippen LogP contribution in [0.1, 0.15) is 12.0 Å². The summed E-state index contributed by atoms with van der Waals surface area (Å²) < 4.78 is 27.4. The maximum Gasteiger partial charge on any atom is 0.236 e. The summed E-state index contributed by atoms with van der Waals surface area (Å²) in [5.41, 5.74) is 0.955. The molecule has 0 radical (unpaired) electrons. The van der Waals surface area contributed by atoms with Crippen molar-refractivity contribution in [2.75, 3.05) is 10.2 Å². The highest BCUT2D eigenvalue weighted by Crippen LogP contribution is 2.20. The minimum atomic E-state index is -0.898. The van der Waals surface area contributed by atoms with Crippen LogP contribution in [0.3, 0.4) is 0 Å². The molecule has 0 fully saturated rings. The van der Waals surface area contributed by atoms with Crippen molar-refractivity contribution in [3.63, 3.8) is 0 Å². The van der Waals surface area contributed by atoms with Gasteiger partial charge in [-0.3, -0.25) is 9.59 Å². The predicted octanol–water partition coefficient (Wildman–Crippen LogP) is 4.53. The summed E-state index contributed by atoms with van der Waals surface area (Å²) in [5.74, 6) is -3.07. The van der Waals surface area contributed by atoms with Gasteiger partial charge in [0.1, 0.15) is 23.7 Å². The minimum Gasteiger partial charge on any atom is -0.321 e. The van der Waals surface area contributed by atoms with Crippen LogP contribution < -0.4 is 10.2 Å². The van der Waals surface area contributed by atoms with Crippen molar-refractivity contribution in [2.45, 2.75) is 13.0 Å². The molecule has 3 aromatic carbocycles. The smallest absolute Gasteiger partial charge is 0.236 e. The van der Waals surface area contributed by atoms with E-state index in [-0.39, 0.29) is 6.54 Å². The Kier molecular flexibility index (Phi) is 6.11. The number of hydrogen-bond acceptors (Lipinski definition) is 2. The largest absolute Gasteiger partial charge is 0.321 e. The lowest BCUT2D eigenvalue weighted by molar-refractivity contribution is -0.125. The lowest BCUT2D eigenvalue weighted by Gasteiger charge is -2.23. The highest BCUT2D eigenvalue weighted by molar-refractivity contribution is 6.09. The van der Waals surface area contributed by atoms with Crippen LogP contribution in [-0.4, -0.2) is 11.8 Å². The number of hydrogen-bond donors (Lipinski definition) is 1. The number of carbonyl (C=O) groups is 2. The van der Waals surface area contributed by atoms with Crippen LogP contribution in [0.2, 0.25) is 0 Å². The number of nitrogens with one attached hydrogen (secondary N) is 1. The predicted molar refractivity (Wildman–Crippen MR) is 104 cm³/mol. The molecule has 0 aromatic heterocycles. The Labute approximate surface area is 161 Å². The van der Waals surface area contributed by atoms with Crippen molar-refractivity contribution >= 4 is 23.2 Å². The second kappa shape index (κ2) is 8.90. The van der Waals surface area contributed by atoms with Crippen molar-refractivity contribution in [3.05, 3.63) is 96.1 Å². The van der Waals surface area contributed by atoms with E-state index in [1.165, 1.54) is 11.0 Å². The van der Waals surface area contributed by atoms with Gasteiger partial charge in [-0.25, -0.2) is 8.78 Å². The second-order valence-corrected chi connectivity index (χ2v) is 6.12. The minimum absolute atomic E-state index is 0.269. The number of para-hydroxylation sites is 2. The molecule has 4 nitrogen and oxygen atoms in total. The number of carbonyl (C=O) groups excluding carboxylic acids is 2. The van der Waals surface area contributed by atoms with Crippen LogP contribution in [0.5, 0.6) is 0 Å². The van der Waals surface area contributed by atoms with Crippen LogP contribution in [0.25, 0.3) is 0 Å². The van der Waals surface area contributed by atoms with E-state index in [1.54, 1.807) is 24.3 Å². The van der Waals surface area contributed by atoms with Crippen LogP contribution in [-0.2, 0) is 16.1 Å². The average Bonchev–Trinajstić information content (AvgIpc) is 2.70. The molecule has 0 bridgehead atoms. The molecule has 0 aliphatic carbocycles. The van der Waals surface area contributed by atoms with E-state index in [4.69, 9.17) is 0 Å². The Bertz CT molecular complexity index is 943. The molecule has 0 saturated carbocycles. The number of benzene rings is 3. The first-order valence-electron chi connectivity index (χ1n) is 8.68. The highest BCUT2D eigenvalue weighted by atomic mass is 19.1. The standard InChI is InChI=1S/C22H18F2N2O2/c23-18-12-7-13-19(24)22(18)25-20(27)14-21(28)26(17-10-5-2-6-11-17)15-16-8-3-1-4-9-16/h1-13H,14-15H2,(H,25,27). The molecule has 0 aliphatic rings. The van der Waals surface area contributed by atoms with Crippen molar-refractivity contribution in [2.24, 2.45) is 0 Å². The van der Waals surface area contributed by atoms with Gasteiger partial charge in [-0.1, -0.05) is 54.6 Å². The van der Waals surface area contributed by atoms with Crippen LogP contribution in [0.4, 0.5) is 20.2 Å². The van der Waals surface area contributed by atoms with Crippen molar-refractivity contribution in [3.8, 4) is 0 Å². The zero-order chi connectivity index (χ0) is 19.9. The fraction of sp³-hybridized carbons (Fsp3) is 0.0909. The van der Waals surface area contributed by atoms with Crippen LogP contribution in [0.15, 0.2) is 78.9 Å². The Morgan fingerprint density at radius 1 is 0.786 bits per heavy atom. The van der Waals surface area contributed by atoms with Gasteiger partial charge in [0.2, 0.25) is 11.8 Å². The van der Waals surface area contributed by atoms with Crippen molar-refractivity contribution in [1.82, 2.24) is 0 Å². The molecule has 0 saturated heterocycles. The second-order valence-electron chi connectivity index (χ2n) is 6.12. The molecule has 142 valence electrons. The number of anilines is 2. The third-order valence-corrected chi connectivity index (χ3v) is 4.09. The summed E-state index contributed by atoms with van der Waals surface area (Å²) in [6.07, 6.45) is -0.546. The van der Waals surface area contributed by atoms with E-state index in [2.05, 4.69) is 5.32 Å². The number of nitrogens with zero attached hydrogens (tertiary/aromatic N) is 1. The summed E-state index contributed by atoms with van der Waals surface area (Å²) in [6.45, 7) is 0.269. The number of halogens is 2. The van der Waals surface area contributed by atoms with Crippen LogP contribution in [0, 0.1) is 11.6 Å². The average molecular weight is 380 g/mol. The highest BCUT2D eigenvalue weighted by Gasteiger charge is 2.21. The van der Waals surface area contributed by atoms with E-state index in [1.807, 2.05) is 36.4 Å². The summed E-state index contributed by atoms with van der Waals surface area (Å²) >= 11 is 0. The molecule has 2 amide bonds. The monoisotopic (exact) mass is 380 g/mol. The molecule has 0 spiro atoms. The van der Waals surface area contributed by atoms with Gasteiger partial charge in [0, 0.05) is 5.69 Å². The maximum atomic E-state index is 13.7. The third kappa shape index (κ3) is 4.79. The van der Waals surface area contributed by atoms with Gasteiger partial charge in [-0.15, -0.1) is 0 Å². The number of rotatable bonds is 6. The molecule has 0 unspecified atom stereocenters. The lowest BCUT2D eigenvalue weighted by atomic mass is 10.1. The van der Waals surface area contributed by atoms with E-state index >= 15 is 0 Å². The maximum absolute atomic E-state index is 13.7. The number of amides is 2. The van der Waals surface area contributed by atoms with Gasteiger partial charge >= 0.3 is 0 Å². The molecule has 0 atom stereocenters. The van der Waals surface area contributed by atoms with E-state index in [0.29, 0.717) is 5.69 Å². The topological polar surface area (TPSA) is 49.4 Å². The first kappa shape index (κ1) is 19.2. The van der Waals surface area contributed by atoms with Crippen LogP contribution >= 0.6 is 0 Å². The third-order valence-electron chi connectivity index (χ3n) is 4.09. The zero-order valence-electron chi connectivity index (χ0n) is 14.9. The molecule has 6 heteroatoms. The Morgan fingerprint density at radius 2 is 1.36 bits per heavy atom. The Hall–Kier alpha value is -3.54. The quantitative estimate of drug-likeness (QED) is 0.639. The van der Waals surface area contributed by atoms with Crippen molar-refractivity contribution in [1.29, 1.82) is 0 Å². The lowest BCUT2D eigenvalue weighted by Crippen LogP contribution is -2.33. The van der Waals surface area contributed by atoms with Gasteiger partial charge in [-0.2, -0.15) is 0 Å². The SMILES string of the molecule is O=C(CC(=O)N(Cc1ccccc1)c1ccccc1)Nc1c(F)cccc1F. The summed E-state index contributed by atoms with van der Waals surface area (Å²) in [5, 5.41) is 2.14. The fourth-order valence-corrected chi connectivity index (χ4v) is 2.73. The van der Waals surface area contributed by atoms with Gasteiger partial charge < -0.3 is 10.2 Å². The molecule has 28 heavy (non-hydrogen) atoms. The van der Waals surface area contributed by atoms with Gasteiger partial charge in [0.05, 0.1) is 6.54 Å². The molecule has 3 aromatic rings. The van der Waals surface area contributed by atoms with Gasteiger partial charge in [0.15, 0.2) is 0 Å². The first-order chi connectivity index (χ1) is 13.5. The summed E-state index contributed by atoms with van der Waals surface area (Å²) in [6, 6.07) is 21.5. The summed E-state index contributed by atoms with van der Waals surface area (Å²) in [4.78, 5) is 26.5. The Balaban J connectivity index is 1.76. The van der Waals surface area contributed by atoms with E-state index in [0.717, 1.165) is 17.7 Å². The van der Waals surface area contributed by atoms with E-state index < -0.39 is 35.6 Å². The zero-order valence-corrected chi connectivity index (χ0v) is 14.9. The molecule has 0 heterocycles. The Morgan fingerprint density at radius 3 is 1.96 bits per heavy atom. The van der Waals surface area contributed by atoms with Crippen molar-refractivity contribution < 1.29 is 18.4 Å². The molecule has 1 N–H and O–H groups in total. The molecular weight excluding hydrogens is 362 g/mol. The normalized spacial score (nSPS) is 10.4. The fourth-order valence-electron chi connectivity index (χ4n) is 2.73. The summed E-state index contributed by atoms with van der Waals surface area (Å²) in [7, 11) is 0. The molecular formula is C22H18F2N2O2. The van der Waals surface area contributed by atoms with Gasteiger partial charge in [0.25, 0.3) is 0 Å². The van der Waals surface area contributed by atoms with E-state index in [9.17, 15) is 18.4 Å². The molecule has 0 aliphatic heterocycles. The molecule has 3 rings (SSSR count). The first-order valence-corrected chi connectivity index (χ1v) is 8.68.